The van der Waals surface area contributed by atoms with Crippen LogP contribution in [0.25, 0.3) is 0 Å². The standard InChI is InChI=1S/C15H20FN3O2/c1-8(2)19-5-4-12(15(19)21)18-13-6-9(3)11(16)7-10(13)14(17)20/h6-8,12,18H,4-5H2,1-3H3,(H2,17,20). The number of hydrogen-bond donors (Lipinski definition) is 2. The van der Waals surface area contributed by atoms with Crippen LogP contribution in [-0.2, 0) is 4.79 Å². The minimum Gasteiger partial charge on any atom is -0.373 e. The molecule has 2 amide bonds. The molecule has 0 spiro atoms. The normalized spacial score (nSPS) is 18.4. The van der Waals surface area contributed by atoms with Gasteiger partial charge in [-0.25, -0.2) is 4.39 Å². The number of nitrogens with one attached hydrogen (secondary N) is 1. The Kier molecular flexibility index (Phi) is 4.16. The number of likely N-dealkylation sites (tertiary alicyclic amines) is 1. The van der Waals surface area contributed by atoms with Gasteiger partial charge in [0, 0.05) is 18.3 Å². The average Bonchev–Trinajstić information content (AvgIpc) is 2.75. The van der Waals surface area contributed by atoms with E-state index in [-0.39, 0.29) is 17.5 Å². The highest BCUT2D eigenvalue weighted by molar-refractivity contribution is 5.99. The summed E-state index contributed by atoms with van der Waals surface area (Å²) in [5, 5.41) is 3.03. The van der Waals surface area contributed by atoms with Gasteiger partial charge in [-0.3, -0.25) is 9.59 Å². The second kappa shape index (κ2) is 5.71. The summed E-state index contributed by atoms with van der Waals surface area (Å²) < 4.78 is 13.6. The molecular weight excluding hydrogens is 273 g/mol. The quantitative estimate of drug-likeness (QED) is 0.886. The Morgan fingerprint density at radius 3 is 2.67 bits per heavy atom. The topological polar surface area (TPSA) is 75.4 Å². The Morgan fingerprint density at radius 1 is 1.48 bits per heavy atom. The molecule has 1 fully saturated rings. The summed E-state index contributed by atoms with van der Waals surface area (Å²) in [5.74, 6) is -1.22. The third-order valence-corrected chi connectivity index (χ3v) is 3.76. The van der Waals surface area contributed by atoms with Gasteiger partial charge in [0.2, 0.25) is 5.91 Å². The molecule has 1 heterocycles. The highest BCUT2D eigenvalue weighted by Gasteiger charge is 2.33. The first-order chi connectivity index (χ1) is 9.81. The minimum atomic E-state index is -0.720. The van der Waals surface area contributed by atoms with Gasteiger partial charge in [-0.15, -0.1) is 0 Å². The van der Waals surface area contributed by atoms with E-state index in [4.69, 9.17) is 5.73 Å². The Morgan fingerprint density at radius 2 is 2.14 bits per heavy atom. The van der Waals surface area contributed by atoms with Crippen LogP contribution in [0, 0.1) is 12.7 Å². The summed E-state index contributed by atoms with van der Waals surface area (Å²) >= 11 is 0. The molecule has 1 unspecified atom stereocenters. The van der Waals surface area contributed by atoms with Crippen molar-refractivity contribution in [2.24, 2.45) is 5.73 Å². The number of carbonyl (C=O) groups is 2. The molecule has 0 saturated carbocycles. The zero-order valence-electron chi connectivity index (χ0n) is 12.4. The molecule has 21 heavy (non-hydrogen) atoms. The first-order valence-corrected chi connectivity index (χ1v) is 6.98. The van der Waals surface area contributed by atoms with E-state index < -0.39 is 17.8 Å². The Balaban J connectivity index is 2.26. The van der Waals surface area contributed by atoms with Crippen LogP contribution in [0.2, 0.25) is 0 Å². The Bertz CT molecular complexity index is 587. The third kappa shape index (κ3) is 2.99. The van der Waals surface area contributed by atoms with E-state index in [1.54, 1.807) is 11.8 Å². The third-order valence-electron chi connectivity index (χ3n) is 3.76. The molecule has 0 bridgehead atoms. The molecule has 1 aromatic rings. The molecule has 0 aliphatic carbocycles. The average molecular weight is 293 g/mol. The fraction of sp³-hybridized carbons (Fsp3) is 0.467. The molecule has 0 aromatic heterocycles. The van der Waals surface area contributed by atoms with E-state index in [0.29, 0.717) is 24.2 Å². The number of anilines is 1. The molecule has 1 aliphatic rings. The number of halogens is 1. The maximum atomic E-state index is 13.6. The zero-order chi connectivity index (χ0) is 15.7. The summed E-state index contributed by atoms with van der Waals surface area (Å²) in [6.07, 6.45) is 0.644. The first kappa shape index (κ1) is 15.3. The van der Waals surface area contributed by atoms with Gasteiger partial charge >= 0.3 is 0 Å². The largest absolute Gasteiger partial charge is 0.373 e. The van der Waals surface area contributed by atoms with Gasteiger partial charge in [-0.1, -0.05) is 0 Å². The summed E-state index contributed by atoms with van der Waals surface area (Å²) in [5.41, 5.74) is 6.15. The van der Waals surface area contributed by atoms with Crippen molar-refractivity contribution < 1.29 is 14.0 Å². The summed E-state index contributed by atoms with van der Waals surface area (Å²) in [4.78, 5) is 25.5. The number of nitrogens with zero attached hydrogens (tertiary/aromatic N) is 1. The summed E-state index contributed by atoms with van der Waals surface area (Å²) in [6.45, 7) is 6.18. The molecule has 6 heteroatoms. The highest BCUT2D eigenvalue weighted by atomic mass is 19.1. The van der Waals surface area contributed by atoms with Crippen molar-refractivity contribution in [2.45, 2.75) is 39.3 Å². The van der Waals surface area contributed by atoms with Crippen molar-refractivity contribution in [3.05, 3.63) is 29.1 Å². The van der Waals surface area contributed by atoms with Crippen LogP contribution < -0.4 is 11.1 Å². The Hall–Kier alpha value is -2.11. The van der Waals surface area contributed by atoms with Gasteiger partial charge in [0.15, 0.2) is 0 Å². The second-order valence-corrected chi connectivity index (χ2v) is 5.62. The highest BCUT2D eigenvalue weighted by Crippen LogP contribution is 2.24. The summed E-state index contributed by atoms with van der Waals surface area (Å²) in [6, 6.07) is 2.35. The number of rotatable bonds is 4. The fourth-order valence-electron chi connectivity index (χ4n) is 2.54. The van der Waals surface area contributed by atoms with E-state index in [1.165, 1.54) is 6.07 Å². The molecule has 1 aliphatic heterocycles. The smallest absolute Gasteiger partial charge is 0.250 e. The van der Waals surface area contributed by atoms with Crippen molar-refractivity contribution in [1.82, 2.24) is 4.90 Å². The maximum Gasteiger partial charge on any atom is 0.250 e. The van der Waals surface area contributed by atoms with E-state index >= 15 is 0 Å². The SMILES string of the molecule is Cc1cc(NC2CCN(C(C)C)C2=O)c(C(N)=O)cc1F. The molecule has 0 radical (unpaired) electrons. The number of nitrogens with two attached hydrogens (primary N) is 1. The molecule has 1 aromatic carbocycles. The molecule has 1 atom stereocenters. The molecular formula is C15H20FN3O2. The molecule has 3 N–H and O–H groups in total. The molecule has 2 rings (SSSR count). The number of aryl methyl sites for hydroxylation is 1. The molecule has 1 saturated heterocycles. The monoisotopic (exact) mass is 293 g/mol. The van der Waals surface area contributed by atoms with Crippen molar-refractivity contribution >= 4 is 17.5 Å². The van der Waals surface area contributed by atoms with Gasteiger partial charge in [-0.05, 0) is 44.9 Å². The van der Waals surface area contributed by atoms with Crippen molar-refractivity contribution in [1.29, 1.82) is 0 Å². The van der Waals surface area contributed by atoms with Crippen LogP contribution >= 0.6 is 0 Å². The predicted molar refractivity (Wildman–Crippen MR) is 78.5 cm³/mol. The molecule has 114 valence electrons. The minimum absolute atomic E-state index is 0.0117. The lowest BCUT2D eigenvalue weighted by molar-refractivity contribution is -0.129. The van der Waals surface area contributed by atoms with E-state index in [1.807, 2.05) is 13.8 Å². The number of benzene rings is 1. The van der Waals surface area contributed by atoms with Gasteiger partial charge in [0.05, 0.1) is 5.56 Å². The van der Waals surface area contributed by atoms with Gasteiger partial charge in [-0.2, -0.15) is 0 Å². The predicted octanol–water partition coefficient (Wildman–Crippen LogP) is 1.65. The number of amides is 2. The van der Waals surface area contributed by atoms with Crippen LogP contribution in [0.3, 0.4) is 0 Å². The van der Waals surface area contributed by atoms with E-state index in [0.717, 1.165) is 6.07 Å². The van der Waals surface area contributed by atoms with Crippen molar-refractivity contribution in [3.63, 3.8) is 0 Å². The Labute approximate surface area is 123 Å². The van der Waals surface area contributed by atoms with E-state index in [9.17, 15) is 14.0 Å². The van der Waals surface area contributed by atoms with Crippen LogP contribution in [0.1, 0.15) is 36.2 Å². The maximum absolute atomic E-state index is 13.6. The lowest BCUT2D eigenvalue weighted by Crippen LogP contribution is -2.37. The van der Waals surface area contributed by atoms with Gasteiger partial charge < -0.3 is 16.0 Å². The van der Waals surface area contributed by atoms with Gasteiger partial charge in [0.1, 0.15) is 11.9 Å². The first-order valence-electron chi connectivity index (χ1n) is 6.98. The van der Waals surface area contributed by atoms with E-state index in [2.05, 4.69) is 5.32 Å². The van der Waals surface area contributed by atoms with Crippen LogP contribution in [0.15, 0.2) is 12.1 Å². The second-order valence-electron chi connectivity index (χ2n) is 5.62. The fourth-order valence-corrected chi connectivity index (χ4v) is 2.54. The van der Waals surface area contributed by atoms with Crippen LogP contribution in [0.4, 0.5) is 10.1 Å². The van der Waals surface area contributed by atoms with Gasteiger partial charge in [0.25, 0.3) is 5.91 Å². The van der Waals surface area contributed by atoms with Crippen LogP contribution in [0.5, 0.6) is 0 Å². The lowest BCUT2D eigenvalue weighted by Gasteiger charge is -2.22. The number of carbonyl (C=O) groups excluding carboxylic acids is 2. The molecule has 5 nitrogen and oxygen atoms in total. The zero-order valence-corrected chi connectivity index (χ0v) is 12.4. The van der Waals surface area contributed by atoms with Crippen LogP contribution in [-0.4, -0.2) is 35.3 Å². The lowest BCUT2D eigenvalue weighted by atomic mass is 10.1. The van der Waals surface area contributed by atoms with Crippen molar-refractivity contribution in [3.8, 4) is 0 Å². The number of hydrogen-bond acceptors (Lipinski definition) is 3. The van der Waals surface area contributed by atoms with Crippen molar-refractivity contribution in [2.75, 3.05) is 11.9 Å². The summed E-state index contributed by atoms with van der Waals surface area (Å²) in [7, 11) is 0. The number of primary amides is 1.